The van der Waals surface area contributed by atoms with Crippen LogP contribution in [0.5, 0.6) is 0 Å². The van der Waals surface area contributed by atoms with Crippen LogP contribution < -0.4 is 16.1 Å². The van der Waals surface area contributed by atoms with Crippen molar-refractivity contribution in [2.75, 3.05) is 4.90 Å². The Morgan fingerprint density at radius 3 is 2.56 bits per heavy atom. The Morgan fingerprint density at radius 1 is 1.11 bits per heavy atom. The summed E-state index contributed by atoms with van der Waals surface area (Å²) < 4.78 is 2.07. The van der Waals surface area contributed by atoms with E-state index in [2.05, 4.69) is 64.6 Å². The highest BCUT2D eigenvalue weighted by Gasteiger charge is 2.30. The molecule has 0 spiro atoms. The predicted molar refractivity (Wildman–Crippen MR) is 111 cm³/mol. The molecule has 0 radical (unpaired) electrons. The molecule has 0 bridgehead atoms. The van der Waals surface area contributed by atoms with E-state index in [1.807, 2.05) is 25.4 Å². The van der Waals surface area contributed by atoms with Crippen molar-refractivity contribution in [3.8, 4) is 0 Å². The van der Waals surface area contributed by atoms with E-state index >= 15 is 0 Å². The summed E-state index contributed by atoms with van der Waals surface area (Å²) in [5, 5.41) is 0. The van der Waals surface area contributed by atoms with Crippen molar-refractivity contribution >= 4 is 17.1 Å². The number of benzene rings is 2. The van der Waals surface area contributed by atoms with Crippen LogP contribution in [0.4, 0.5) is 11.4 Å². The number of hydrogen-bond acceptors (Lipinski definition) is 3. The minimum absolute atomic E-state index is 0.0478. The van der Waals surface area contributed by atoms with Crippen molar-refractivity contribution < 1.29 is 0 Å². The summed E-state index contributed by atoms with van der Waals surface area (Å²) in [5.74, 6) is 0. The minimum Gasteiger partial charge on any atom is -0.399 e. The maximum Gasteiger partial charge on any atom is 0.193 e. The third-order valence-corrected chi connectivity index (χ3v) is 5.13. The van der Waals surface area contributed by atoms with Gasteiger partial charge >= 0.3 is 0 Å². The van der Waals surface area contributed by atoms with E-state index in [1.54, 1.807) is 0 Å². The first-order chi connectivity index (χ1) is 13.0. The molecule has 1 aromatic heterocycles. The molecule has 3 aromatic rings. The molecular weight excluding hydrogens is 334 g/mol. The van der Waals surface area contributed by atoms with Gasteiger partial charge in [0.2, 0.25) is 0 Å². The fourth-order valence-electron chi connectivity index (χ4n) is 3.90. The molecule has 0 saturated carbocycles. The smallest absolute Gasteiger partial charge is 0.193 e. The van der Waals surface area contributed by atoms with E-state index < -0.39 is 0 Å². The number of fused-ring (bicyclic) bond motifs is 1. The lowest BCUT2D eigenvalue weighted by Crippen LogP contribution is -2.32. The fraction of sp³-hybridized carbons (Fsp3) is 0.174. The van der Waals surface area contributed by atoms with Gasteiger partial charge in [-0.05, 0) is 37.1 Å². The van der Waals surface area contributed by atoms with Crippen LogP contribution in [0, 0.1) is 6.92 Å². The lowest BCUT2D eigenvalue weighted by Gasteiger charge is -2.28. The highest BCUT2D eigenvalue weighted by atomic mass is 16.1. The summed E-state index contributed by atoms with van der Waals surface area (Å²) >= 11 is 0. The van der Waals surface area contributed by atoms with Gasteiger partial charge in [0, 0.05) is 41.6 Å². The molecule has 27 heavy (non-hydrogen) atoms. The van der Waals surface area contributed by atoms with Crippen LogP contribution in [0.1, 0.15) is 16.7 Å². The first-order valence-corrected chi connectivity index (χ1v) is 9.12. The number of para-hydroxylation sites is 2. The molecule has 2 N–H and O–H groups in total. The molecule has 1 aliphatic heterocycles. The number of aryl methyl sites for hydroxylation is 1. The summed E-state index contributed by atoms with van der Waals surface area (Å²) in [7, 11) is 0. The first kappa shape index (κ1) is 17.2. The molecule has 0 fully saturated rings. The van der Waals surface area contributed by atoms with Gasteiger partial charge in [-0.3, -0.25) is 4.79 Å². The SMILES string of the molecule is C=C(N)c1cn(CC2Cc3ccccc3N2c2ccccc2)cc(C)c1=O. The van der Waals surface area contributed by atoms with E-state index in [4.69, 9.17) is 5.73 Å². The van der Waals surface area contributed by atoms with Crippen molar-refractivity contribution in [1.29, 1.82) is 0 Å². The molecule has 2 heterocycles. The summed E-state index contributed by atoms with van der Waals surface area (Å²) in [6.07, 6.45) is 4.68. The van der Waals surface area contributed by atoms with Crippen molar-refractivity contribution in [2.24, 2.45) is 5.73 Å². The van der Waals surface area contributed by atoms with Gasteiger partial charge in [-0.15, -0.1) is 0 Å². The fourth-order valence-corrected chi connectivity index (χ4v) is 3.90. The zero-order valence-electron chi connectivity index (χ0n) is 15.4. The molecular formula is C23H23N3O. The van der Waals surface area contributed by atoms with Crippen LogP contribution in [0.25, 0.3) is 5.70 Å². The van der Waals surface area contributed by atoms with E-state index in [9.17, 15) is 4.79 Å². The maximum atomic E-state index is 12.3. The van der Waals surface area contributed by atoms with Gasteiger partial charge in [0.05, 0.1) is 11.6 Å². The van der Waals surface area contributed by atoms with Crippen LogP contribution in [-0.2, 0) is 13.0 Å². The van der Waals surface area contributed by atoms with Gasteiger partial charge in [0.25, 0.3) is 0 Å². The number of nitrogens with zero attached hydrogens (tertiary/aromatic N) is 2. The largest absolute Gasteiger partial charge is 0.399 e. The number of anilines is 2. The quantitative estimate of drug-likeness (QED) is 0.772. The normalized spacial score (nSPS) is 15.6. The predicted octanol–water partition coefficient (Wildman–Crippen LogP) is 3.85. The van der Waals surface area contributed by atoms with E-state index in [0.29, 0.717) is 16.8 Å². The number of aromatic nitrogens is 1. The number of nitrogens with two attached hydrogens (primary N) is 1. The second kappa shape index (κ2) is 6.80. The van der Waals surface area contributed by atoms with E-state index in [-0.39, 0.29) is 11.5 Å². The molecule has 1 unspecified atom stereocenters. The van der Waals surface area contributed by atoms with Crippen LogP contribution in [0.2, 0.25) is 0 Å². The summed E-state index contributed by atoms with van der Waals surface area (Å²) in [6, 6.07) is 19.2. The van der Waals surface area contributed by atoms with Crippen LogP contribution in [0.3, 0.4) is 0 Å². The topological polar surface area (TPSA) is 51.3 Å². The second-order valence-corrected chi connectivity index (χ2v) is 7.10. The second-order valence-electron chi connectivity index (χ2n) is 7.10. The highest BCUT2D eigenvalue weighted by Crippen LogP contribution is 2.38. The summed E-state index contributed by atoms with van der Waals surface area (Å²) in [4.78, 5) is 14.7. The molecule has 0 amide bonds. The van der Waals surface area contributed by atoms with Gasteiger partial charge in [0.15, 0.2) is 5.43 Å². The average molecular weight is 357 g/mol. The highest BCUT2D eigenvalue weighted by molar-refractivity contribution is 5.71. The molecule has 4 nitrogen and oxygen atoms in total. The standard InChI is InChI=1S/C23H23N3O/c1-16-13-25(15-21(17(2)24)23(16)27)14-20-12-18-8-6-7-11-22(18)26(20)19-9-4-3-5-10-19/h3-11,13,15,20H,2,12,14,24H2,1H3. The van der Waals surface area contributed by atoms with E-state index in [1.165, 1.54) is 16.9 Å². The Kier molecular flexibility index (Phi) is 4.32. The van der Waals surface area contributed by atoms with E-state index in [0.717, 1.165) is 13.0 Å². The lowest BCUT2D eigenvalue weighted by molar-refractivity contribution is 0.556. The van der Waals surface area contributed by atoms with Crippen LogP contribution in [0.15, 0.2) is 78.4 Å². The molecule has 4 rings (SSSR count). The van der Waals surface area contributed by atoms with Gasteiger partial charge in [-0.1, -0.05) is 43.0 Å². The third-order valence-electron chi connectivity index (χ3n) is 5.13. The van der Waals surface area contributed by atoms with Gasteiger partial charge in [-0.25, -0.2) is 0 Å². The zero-order valence-corrected chi connectivity index (χ0v) is 15.4. The molecule has 0 aliphatic carbocycles. The average Bonchev–Trinajstić information content (AvgIpc) is 3.02. The number of hydrogen-bond donors (Lipinski definition) is 1. The summed E-state index contributed by atoms with van der Waals surface area (Å²) in [6.45, 7) is 6.33. The monoisotopic (exact) mass is 357 g/mol. The summed E-state index contributed by atoms with van der Waals surface area (Å²) in [5.41, 5.74) is 11.0. The number of rotatable bonds is 4. The van der Waals surface area contributed by atoms with Crippen LogP contribution in [-0.4, -0.2) is 10.6 Å². The molecule has 2 aromatic carbocycles. The molecule has 136 valence electrons. The Hall–Kier alpha value is -3.27. The Labute approximate surface area is 159 Å². The Balaban J connectivity index is 1.74. The van der Waals surface area contributed by atoms with Crippen molar-refractivity contribution in [1.82, 2.24) is 4.57 Å². The first-order valence-electron chi connectivity index (χ1n) is 9.12. The van der Waals surface area contributed by atoms with Gasteiger partial charge in [0.1, 0.15) is 0 Å². The van der Waals surface area contributed by atoms with Crippen molar-refractivity contribution in [3.63, 3.8) is 0 Å². The molecule has 4 heteroatoms. The zero-order chi connectivity index (χ0) is 19.0. The Morgan fingerprint density at radius 2 is 1.81 bits per heavy atom. The van der Waals surface area contributed by atoms with Crippen LogP contribution >= 0.6 is 0 Å². The van der Waals surface area contributed by atoms with Gasteiger partial charge < -0.3 is 15.2 Å². The molecule has 1 aliphatic rings. The molecule has 0 saturated heterocycles. The van der Waals surface area contributed by atoms with Crippen molar-refractivity contribution in [2.45, 2.75) is 25.9 Å². The van der Waals surface area contributed by atoms with Gasteiger partial charge in [-0.2, -0.15) is 0 Å². The number of pyridine rings is 1. The molecule has 1 atom stereocenters. The Bertz CT molecular complexity index is 1050. The maximum absolute atomic E-state index is 12.3. The third kappa shape index (κ3) is 3.14. The van der Waals surface area contributed by atoms with Crippen molar-refractivity contribution in [3.05, 3.63) is 100 Å². The minimum atomic E-state index is -0.0478. The lowest BCUT2D eigenvalue weighted by atomic mass is 10.1.